The summed E-state index contributed by atoms with van der Waals surface area (Å²) in [5.41, 5.74) is 2.46. The molecule has 1 aromatic rings. The van der Waals surface area contributed by atoms with E-state index in [-0.39, 0.29) is 24.5 Å². The number of imide groups is 1. The normalized spacial score (nSPS) is 14.2. The molecule has 1 aliphatic carbocycles. The Hall–Kier alpha value is -1.88. The summed E-state index contributed by atoms with van der Waals surface area (Å²) in [4.78, 5) is 25.2. The highest BCUT2D eigenvalue weighted by molar-refractivity contribution is 5.95. The van der Waals surface area contributed by atoms with Gasteiger partial charge in [0.15, 0.2) is 0 Å². The maximum Gasteiger partial charge on any atom is 0.321 e. The number of rotatable bonds is 6. The summed E-state index contributed by atoms with van der Waals surface area (Å²) >= 11 is 0. The SMILES string of the molecule is CC(C)c1ccc(CN(C)CC(=O)NC(=O)NC2CC2)cc1. The van der Waals surface area contributed by atoms with E-state index in [1.54, 1.807) is 0 Å². The molecule has 0 radical (unpaired) electrons. The molecule has 1 aliphatic rings. The van der Waals surface area contributed by atoms with Crippen LogP contribution in [0, 0.1) is 0 Å². The van der Waals surface area contributed by atoms with Gasteiger partial charge in [-0.15, -0.1) is 0 Å². The fraction of sp³-hybridized carbons (Fsp3) is 0.529. The van der Waals surface area contributed by atoms with Crippen LogP contribution < -0.4 is 10.6 Å². The molecular weight excluding hydrogens is 278 g/mol. The van der Waals surface area contributed by atoms with Crippen LogP contribution in [0.25, 0.3) is 0 Å². The fourth-order valence-corrected chi connectivity index (χ4v) is 2.24. The molecular formula is C17H25N3O2. The lowest BCUT2D eigenvalue weighted by Gasteiger charge is -2.16. The quantitative estimate of drug-likeness (QED) is 0.847. The molecule has 1 aromatic carbocycles. The Morgan fingerprint density at radius 1 is 1.23 bits per heavy atom. The van der Waals surface area contributed by atoms with Crippen LogP contribution in [0.4, 0.5) is 4.79 Å². The molecule has 1 saturated carbocycles. The fourth-order valence-electron chi connectivity index (χ4n) is 2.24. The predicted molar refractivity (Wildman–Crippen MR) is 86.6 cm³/mol. The topological polar surface area (TPSA) is 61.4 Å². The molecule has 0 bridgehead atoms. The minimum atomic E-state index is -0.387. The van der Waals surface area contributed by atoms with E-state index in [4.69, 9.17) is 0 Å². The maximum atomic E-state index is 11.8. The molecule has 5 heteroatoms. The van der Waals surface area contributed by atoms with Crippen LogP contribution in [-0.4, -0.2) is 36.5 Å². The van der Waals surface area contributed by atoms with Crippen molar-refractivity contribution in [1.29, 1.82) is 0 Å². The van der Waals surface area contributed by atoms with E-state index < -0.39 is 0 Å². The lowest BCUT2D eigenvalue weighted by molar-refractivity contribution is -0.120. The van der Waals surface area contributed by atoms with Crippen molar-refractivity contribution in [1.82, 2.24) is 15.5 Å². The van der Waals surface area contributed by atoms with Gasteiger partial charge in [-0.3, -0.25) is 15.0 Å². The van der Waals surface area contributed by atoms with Crippen LogP contribution in [0.3, 0.4) is 0 Å². The zero-order valence-electron chi connectivity index (χ0n) is 13.6. The predicted octanol–water partition coefficient (Wildman–Crippen LogP) is 2.23. The average Bonchev–Trinajstić information content (AvgIpc) is 3.22. The number of carbonyl (C=O) groups is 2. The molecule has 2 N–H and O–H groups in total. The molecule has 0 aliphatic heterocycles. The van der Waals surface area contributed by atoms with E-state index in [0.717, 1.165) is 18.4 Å². The molecule has 22 heavy (non-hydrogen) atoms. The summed E-state index contributed by atoms with van der Waals surface area (Å²) in [5.74, 6) is 0.238. The highest BCUT2D eigenvalue weighted by Crippen LogP contribution is 2.18. The Kier molecular flexibility index (Phi) is 5.55. The van der Waals surface area contributed by atoms with E-state index in [9.17, 15) is 9.59 Å². The van der Waals surface area contributed by atoms with Gasteiger partial charge < -0.3 is 5.32 Å². The van der Waals surface area contributed by atoms with Gasteiger partial charge in [0.1, 0.15) is 0 Å². The van der Waals surface area contributed by atoms with Gasteiger partial charge in [-0.05, 0) is 36.9 Å². The maximum absolute atomic E-state index is 11.8. The van der Waals surface area contributed by atoms with E-state index in [1.807, 2.05) is 11.9 Å². The summed E-state index contributed by atoms with van der Waals surface area (Å²) < 4.78 is 0. The molecule has 0 atom stereocenters. The summed E-state index contributed by atoms with van der Waals surface area (Å²) in [6.07, 6.45) is 2.02. The largest absolute Gasteiger partial charge is 0.335 e. The first-order valence-corrected chi connectivity index (χ1v) is 7.81. The summed E-state index contributed by atoms with van der Waals surface area (Å²) in [5, 5.41) is 5.10. The van der Waals surface area contributed by atoms with E-state index >= 15 is 0 Å². The standard InChI is InChI=1S/C17H25N3O2/c1-12(2)14-6-4-13(5-7-14)10-20(3)11-16(21)19-17(22)18-15-8-9-15/h4-7,12,15H,8-11H2,1-3H3,(H2,18,19,21,22). The van der Waals surface area contributed by atoms with Crippen molar-refractivity contribution in [3.8, 4) is 0 Å². The summed E-state index contributed by atoms with van der Waals surface area (Å²) in [6.45, 7) is 5.20. The highest BCUT2D eigenvalue weighted by atomic mass is 16.2. The van der Waals surface area contributed by atoms with Crippen molar-refractivity contribution >= 4 is 11.9 Å². The Labute approximate surface area is 132 Å². The Balaban J connectivity index is 1.75. The monoisotopic (exact) mass is 303 g/mol. The smallest absolute Gasteiger partial charge is 0.321 e. The highest BCUT2D eigenvalue weighted by Gasteiger charge is 2.24. The van der Waals surface area contributed by atoms with Crippen LogP contribution in [0.5, 0.6) is 0 Å². The number of hydrogen-bond acceptors (Lipinski definition) is 3. The van der Waals surface area contributed by atoms with Crippen molar-refractivity contribution in [3.63, 3.8) is 0 Å². The molecule has 0 unspecified atom stereocenters. The second-order valence-corrected chi connectivity index (χ2v) is 6.36. The van der Waals surface area contributed by atoms with Crippen LogP contribution in [0.1, 0.15) is 43.7 Å². The number of amides is 3. The van der Waals surface area contributed by atoms with Crippen LogP contribution in [0.15, 0.2) is 24.3 Å². The van der Waals surface area contributed by atoms with Crippen molar-refractivity contribution in [3.05, 3.63) is 35.4 Å². The molecule has 0 aromatic heterocycles. The van der Waals surface area contributed by atoms with Crippen molar-refractivity contribution in [2.24, 2.45) is 0 Å². The van der Waals surface area contributed by atoms with Gasteiger partial charge in [0.25, 0.3) is 0 Å². The van der Waals surface area contributed by atoms with Crippen molar-refractivity contribution in [2.45, 2.75) is 45.2 Å². The van der Waals surface area contributed by atoms with Gasteiger partial charge in [0, 0.05) is 12.6 Å². The van der Waals surface area contributed by atoms with E-state index in [2.05, 4.69) is 48.7 Å². The van der Waals surface area contributed by atoms with Gasteiger partial charge in [0.05, 0.1) is 6.54 Å². The molecule has 0 heterocycles. The first-order valence-electron chi connectivity index (χ1n) is 7.81. The lowest BCUT2D eigenvalue weighted by atomic mass is 10.0. The number of nitrogens with zero attached hydrogens (tertiary/aromatic N) is 1. The second kappa shape index (κ2) is 7.40. The Morgan fingerprint density at radius 2 is 1.86 bits per heavy atom. The van der Waals surface area contributed by atoms with Gasteiger partial charge in [-0.25, -0.2) is 4.79 Å². The number of benzene rings is 1. The van der Waals surface area contributed by atoms with E-state index in [0.29, 0.717) is 12.5 Å². The van der Waals surface area contributed by atoms with Gasteiger partial charge in [0.2, 0.25) is 5.91 Å². The zero-order valence-corrected chi connectivity index (χ0v) is 13.6. The first kappa shape index (κ1) is 16.5. The van der Waals surface area contributed by atoms with E-state index in [1.165, 1.54) is 5.56 Å². The third-order valence-electron chi connectivity index (χ3n) is 3.68. The molecule has 1 fully saturated rings. The molecule has 2 rings (SSSR count). The van der Waals surface area contributed by atoms with Crippen LogP contribution in [0.2, 0.25) is 0 Å². The van der Waals surface area contributed by atoms with Crippen molar-refractivity contribution in [2.75, 3.05) is 13.6 Å². The Morgan fingerprint density at radius 3 is 2.41 bits per heavy atom. The average molecular weight is 303 g/mol. The summed E-state index contributed by atoms with van der Waals surface area (Å²) in [6, 6.07) is 8.29. The Bertz CT molecular complexity index is 521. The zero-order chi connectivity index (χ0) is 16.1. The number of nitrogens with one attached hydrogen (secondary N) is 2. The van der Waals surface area contributed by atoms with Crippen LogP contribution in [-0.2, 0) is 11.3 Å². The minimum Gasteiger partial charge on any atom is -0.335 e. The second-order valence-electron chi connectivity index (χ2n) is 6.36. The third kappa shape index (κ3) is 5.48. The van der Waals surface area contributed by atoms with Gasteiger partial charge >= 0.3 is 6.03 Å². The molecule has 0 saturated heterocycles. The first-order chi connectivity index (χ1) is 10.4. The van der Waals surface area contributed by atoms with Gasteiger partial charge in [-0.2, -0.15) is 0 Å². The lowest BCUT2D eigenvalue weighted by Crippen LogP contribution is -2.44. The molecule has 5 nitrogen and oxygen atoms in total. The van der Waals surface area contributed by atoms with Gasteiger partial charge in [-0.1, -0.05) is 38.1 Å². The van der Waals surface area contributed by atoms with Crippen molar-refractivity contribution < 1.29 is 9.59 Å². The number of carbonyl (C=O) groups excluding carboxylic acids is 2. The summed E-state index contributed by atoms with van der Waals surface area (Å²) in [7, 11) is 1.87. The third-order valence-corrected chi connectivity index (χ3v) is 3.68. The number of likely N-dealkylation sites (N-methyl/N-ethyl adjacent to an activating group) is 1. The molecule has 3 amide bonds. The van der Waals surface area contributed by atoms with Crippen LogP contribution >= 0.6 is 0 Å². The molecule has 120 valence electrons. The minimum absolute atomic E-state index is 0.198. The number of urea groups is 1. The number of hydrogen-bond donors (Lipinski definition) is 2. The molecule has 0 spiro atoms.